The average molecular weight is 248 g/mol. The Morgan fingerprint density at radius 2 is 2.41 bits per heavy atom. The van der Waals surface area contributed by atoms with Gasteiger partial charge in [0.05, 0.1) is 6.54 Å². The number of carbonyl (C=O) groups excluding carboxylic acids is 1. The van der Waals surface area contributed by atoms with Crippen LogP contribution in [-0.4, -0.2) is 15.9 Å². The van der Waals surface area contributed by atoms with Gasteiger partial charge in [0.15, 0.2) is 0 Å². The Balaban J connectivity index is 1.98. The topological polar surface area (TPSA) is 80.9 Å². The molecule has 0 unspecified atom stereocenters. The third-order valence-corrected chi connectivity index (χ3v) is 3.05. The Morgan fingerprint density at radius 1 is 1.59 bits per heavy atom. The molecule has 0 fully saturated rings. The summed E-state index contributed by atoms with van der Waals surface area (Å²) in [6.07, 6.45) is 1.51. The molecule has 2 heterocycles. The fourth-order valence-corrected chi connectivity index (χ4v) is 2.01. The summed E-state index contributed by atoms with van der Waals surface area (Å²) in [7, 11) is 0. The molecule has 0 aliphatic carbocycles. The molecule has 0 bridgehead atoms. The molecule has 6 heteroatoms. The monoisotopic (exact) mass is 248 g/mol. The van der Waals surface area contributed by atoms with Crippen molar-refractivity contribution in [3.05, 3.63) is 40.1 Å². The Morgan fingerprint density at radius 3 is 3.06 bits per heavy atom. The first-order valence-electron chi connectivity index (χ1n) is 5.06. The summed E-state index contributed by atoms with van der Waals surface area (Å²) in [5.41, 5.74) is 7.38. The average Bonchev–Trinajstić information content (AvgIpc) is 2.72. The fourth-order valence-electron chi connectivity index (χ4n) is 1.30. The molecule has 17 heavy (non-hydrogen) atoms. The van der Waals surface area contributed by atoms with Gasteiger partial charge in [0, 0.05) is 23.0 Å². The molecular weight excluding hydrogens is 236 g/mol. The molecule has 3 N–H and O–H groups in total. The van der Waals surface area contributed by atoms with Gasteiger partial charge in [-0.1, -0.05) is 0 Å². The fraction of sp³-hybridized carbons (Fsp3) is 0.182. The number of aryl methyl sites for hydroxylation is 1. The zero-order chi connectivity index (χ0) is 12.3. The van der Waals surface area contributed by atoms with E-state index < -0.39 is 0 Å². The van der Waals surface area contributed by atoms with E-state index in [4.69, 9.17) is 5.73 Å². The van der Waals surface area contributed by atoms with Crippen molar-refractivity contribution in [2.24, 2.45) is 0 Å². The van der Waals surface area contributed by atoms with Crippen LogP contribution < -0.4 is 11.1 Å². The zero-order valence-corrected chi connectivity index (χ0v) is 10.1. The largest absolute Gasteiger partial charge is 0.399 e. The van der Waals surface area contributed by atoms with Crippen LogP contribution in [0, 0.1) is 6.92 Å². The number of hydrogen-bond donors (Lipinski definition) is 2. The highest BCUT2D eigenvalue weighted by Gasteiger charge is 2.07. The molecule has 0 atom stereocenters. The van der Waals surface area contributed by atoms with Gasteiger partial charge in [-0.2, -0.15) is 0 Å². The number of pyridine rings is 1. The molecule has 5 nitrogen and oxygen atoms in total. The van der Waals surface area contributed by atoms with Gasteiger partial charge in [-0.25, -0.2) is 4.98 Å². The molecule has 0 aliphatic heterocycles. The molecule has 0 aliphatic rings. The summed E-state index contributed by atoms with van der Waals surface area (Å²) in [5, 5.41) is 5.57. The van der Waals surface area contributed by atoms with Crippen LogP contribution in [0.25, 0.3) is 0 Å². The molecular formula is C11H12N4OS. The van der Waals surface area contributed by atoms with E-state index in [1.165, 1.54) is 17.5 Å². The van der Waals surface area contributed by atoms with Gasteiger partial charge in [0.25, 0.3) is 5.91 Å². The van der Waals surface area contributed by atoms with E-state index in [1.54, 1.807) is 12.1 Å². The van der Waals surface area contributed by atoms with Crippen LogP contribution in [0.15, 0.2) is 23.7 Å². The first-order valence-corrected chi connectivity index (χ1v) is 5.94. The van der Waals surface area contributed by atoms with E-state index in [9.17, 15) is 4.79 Å². The number of anilines is 1. The summed E-state index contributed by atoms with van der Waals surface area (Å²) in [6, 6.07) is 3.18. The summed E-state index contributed by atoms with van der Waals surface area (Å²) >= 11 is 1.52. The second-order valence-corrected chi connectivity index (χ2v) is 4.48. The maximum absolute atomic E-state index is 11.7. The van der Waals surface area contributed by atoms with Gasteiger partial charge in [-0.15, -0.1) is 11.3 Å². The molecule has 0 saturated carbocycles. The Labute approximate surface area is 103 Å². The smallest absolute Gasteiger partial charge is 0.270 e. The predicted octanol–water partition coefficient (Wildman–Crippen LogP) is 1.36. The van der Waals surface area contributed by atoms with Crippen molar-refractivity contribution in [3.63, 3.8) is 0 Å². The lowest BCUT2D eigenvalue weighted by molar-refractivity contribution is 0.0946. The number of nitrogens with zero attached hydrogens (tertiary/aromatic N) is 2. The summed E-state index contributed by atoms with van der Waals surface area (Å²) in [5.74, 6) is -0.245. The molecule has 0 spiro atoms. The lowest BCUT2D eigenvalue weighted by atomic mass is 10.3. The highest BCUT2D eigenvalue weighted by Crippen LogP contribution is 2.08. The normalized spacial score (nSPS) is 10.2. The van der Waals surface area contributed by atoms with Gasteiger partial charge in [0.2, 0.25) is 0 Å². The van der Waals surface area contributed by atoms with Crippen LogP contribution in [0.4, 0.5) is 5.69 Å². The van der Waals surface area contributed by atoms with Crippen LogP contribution in [0.1, 0.15) is 21.2 Å². The van der Waals surface area contributed by atoms with E-state index in [-0.39, 0.29) is 5.91 Å². The summed E-state index contributed by atoms with van der Waals surface area (Å²) < 4.78 is 0. The lowest BCUT2D eigenvalue weighted by Crippen LogP contribution is -2.23. The van der Waals surface area contributed by atoms with Crippen LogP contribution >= 0.6 is 11.3 Å². The van der Waals surface area contributed by atoms with E-state index in [0.29, 0.717) is 17.9 Å². The molecule has 2 aromatic heterocycles. The second-order valence-electron chi connectivity index (χ2n) is 3.54. The van der Waals surface area contributed by atoms with Crippen molar-refractivity contribution < 1.29 is 4.79 Å². The van der Waals surface area contributed by atoms with Gasteiger partial charge >= 0.3 is 0 Å². The number of nitrogens with one attached hydrogen (secondary N) is 1. The highest BCUT2D eigenvalue weighted by atomic mass is 32.1. The summed E-state index contributed by atoms with van der Waals surface area (Å²) in [4.78, 5) is 19.9. The number of rotatable bonds is 3. The molecule has 2 aromatic rings. The Kier molecular flexibility index (Phi) is 3.34. The third kappa shape index (κ3) is 3.01. The SMILES string of the molecule is Cc1csc(CNC(=O)c2cc(N)ccn2)n1. The van der Waals surface area contributed by atoms with Crippen LogP contribution in [0.3, 0.4) is 0 Å². The second kappa shape index (κ2) is 4.92. The van der Waals surface area contributed by atoms with Crippen molar-refractivity contribution in [3.8, 4) is 0 Å². The standard InChI is InChI=1S/C11H12N4OS/c1-7-6-17-10(15-7)5-14-11(16)9-4-8(12)2-3-13-9/h2-4,6H,5H2,1H3,(H2,12,13)(H,14,16). The minimum atomic E-state index is -0.245. The number of nitrogen functional groups attached to an aromatic ring is 1. The van der Waals surface area contributed by atoms with Gasteiger partial charge in [0.1, 0.15) is 10.7 Å². The maximum Gasteiger partial charge on any atom is 0.270 e. The zero-order valence-electron chi connectivity index (χ0n) is 9.30. The van der Waals surface area contributed by atoms with Crippen LogP contribution in [-0.2, 0) is 6.54 Å². The molecule has 1 amide bonds. The molecule has 0 radical (unpaired) electrons. The number of amides is 1. The van der Waals surface area contributed by atoms with Gasteiger partial charge in [-0.3, -0.25) is 9.78 Å². The summed E-state index contributed by atoms with van der Waals surface area (Å²) in [6.45, 7) is 2.33. The minimum absolute atomic E-state index is 0.245. The quantitative estimate of drug-likeness (QED) is 0.859. The minimum Gasteiger partial charge on any atom is -0.399 e. The van der Waals surface area contributed by atoms with Gasteiger partial charge in [-0.05, 0) is 19.1 Å². The van der Waals surface area contributed by atoms with Gasteiger partial charge < -0.3 is 11.1 Å². The van der Waals surface area contributed by atoms with Crippen molar-refractivity contribution in [1.82, 2.24) is 15.3 Å². The van der Waals surface area contributed by atoms with E-state index >= 15 is 0 Å². The first kappa shape index (κ1) is 11.5. The van der Waals surface area contributed by atoms with Crippen molar-refractivity contribution >= 4 is 22.9 Å². The maximum atomic E-state index is 11.7. The predicted molar refractivity (Wildman–Crippen MR) is 66.7 cm³/mol. The van der Waals surface area contributed by atoms with Crippen LogP contribution in [0.5, 0.6) is 0 Å². The highest BCUT2D eigenvalue weighted by molar-refractivity contribution is 7.09. The Bertz CT molecular complexity index is 538. The number of thiazole rings is 1. The van der Waals surface area contributed by atoms with E-state index in [0.717, 1.165) is 10.7 Å². The van der Waals surface area contributed by atoms with Crippen molar-refractivity contribution in [2.45, 2.75) is 13.5 Å². The van der Waals surface area contributed by atoms with Crippen molar-refractivity contribution in [1.29, 1.82) is 0 Å². The molecule has 0 saturated heterocycles. The van der Waals surface area contributed by atoms with Crippen LogP contribution in [0.2, 0.25) is 0 Å². The molecule has 0 aromatic carbocycles. The van der Waals surface area contributed by atoms with E-state index in [1.807, 2.05) is 12.3 Å². The lowest BCUT2D eigenvalue weighted by Gasteiger charge is -2.02. The molecule has 88 valence electrons. The number of nitrogens with two attached hydrogens (primary N) is 1. The first-order chi connectivity index (χ1) is 8.15. The number of carbonyl (C=O) groups is 1. The number of hydrogen-bond acceptors (Lipinski definition) is 5. The van der Waals surface area contributed by atoms with Crippen molar-refractivity contribution in [2.75, 3.05) is 5.73 Å². The third-order valence-electron chi connectivity index (χ3n) is 2.08. The van der Waals surface area contributed by atoms with E-state index in [2.05, 4.69) is 15.3 Å². The molecule has 2 rings (SSSR count). The number of aromatic nitrogens is 2. The Hall–Kier alpha value is -1.95.